The SMILES string of the molecule is CN(c1ccnc(C#N)c1)c1cnc(NN)c(NCc2ccc3ncccc3c2)n1. The average Bonchev–Trinajstić information content (AvgIpc) is 2.82. The molecular formula is C21H19N9. The number of rotatable bonds is 6. The number of aromatic nitrogens is 4. The summed E-state index contributed by atoms with van der Waals surface area (Å²) >= 11 is 0. The van der Waals surface area contributed by atoms with Crippen molar-refractivity contribution in [3.05, 3.63) is 72.3 Å². The van der Waals surface area contributed by atoms with Crippen LogP contribution in [-0.2, 0) is 6.54 Å². The third-order valence-electron chi connectivity index (χ3n) is 4.61. The zero-order chi connectivity index (χ0) is 20.9. The molecule has 0 bridgehead atoms. The molecule has 0 aliphatic heterocycles. The summed E-state index contributed by atoms with van der Waals surface area (Å²) in [5, 5.41) is 13.4. The number of nitrogen functional groups attached to an aromatic ring is 1. The smallest absolute Gasteiger partial charge is 0.183 e. The van der Waals surface area contributed by atoms with Crippen molar-refractivity contribution < 1.29 is 0 Å². The molecule has 30 heavy (non-hydrogen) atoms. The standard InChI is InChI=1S/C21H19N9/c1-30(17-6-8-24-16(10-17)11-22)19-13-27-21(29-23)20(28-19)26-12-14-4-5-18-15(9-14)3-2-7-25-18/h2-10,13H,12,23H2,1H3,(H,26,28)(H,27,29). The molecule has 9 heteroatoms. The highest BCUT2D eigenvalue weighted by atomic mass is 15.3. The van der Waals surface area contributed by atoms with Gasteiger partial charge in [-0.05, 0) is 35.9 Å². The van der Waals surface area contributed by atoms with Crippen LogP contribution in [0.1, 0.15) is 11.3 Å². The van der Waals surface area contributed by atoms with E-state index in [0.717, 1.165) is 22.2 Å². The summed E-state index contributed by atoms with van der Waals surface area (Å²) < 4.78 is 0. The third kappa shape index (κ3) is 3.94. The van der Waals surface area contributed by atoms with Crippen molar-refractivity contribution in [2.45, 2.75) is 6.54 Å². The molecule has 0 radical (unpaired) electrons. The van der Waals surface area contributed by atoms with Crippen LogP contribution in [0.3, 0.4) is 0 Å². The van der Waals surface area contributed by atoms with E-state index in [0.29, 0.717) is 29.7 Å². The summed E-state index contributed by atoms with van der Waals surface area (Å²) in [6.07, 6.45) is 4.97. The predicted octanol–water partition coefficient (Wildman–Crippen LogP) is 2.96. The van der Waals surface area contributed by atoms with E-state index in [1.807, 2.05) is 42.3 Å². The quantitative estimate of drug-likeness (QED) is 0.332. The van der Waals surface area contributed by atoms with Gasteiger partial charge in [0.15, 0.2) is 17.5 Å². The molecule has 0 spiro atoms. The van der Waals surface area contributed by atoms with Gasteiger partial charge in [-0.3, -0.25) is 4.98 Å². The van der Waals surface area contributed by atoms with E-state index in [4.69, 9.17) is 11.1 Å². The van der Waals surface area contributed by atoms with Crippen molar-refractivity contribution in [3.63, 3.8) is 0 Å². The van der Waals surface area contributed by atoms with Gasteiger partial charge in [0.25, 0.3) is 0 Å². The molecule has 148 valence electrons. The highest BCUT2D eigenvalue weighted by molar-refractivity contribution is 5.79. The lowest BCUT2D eigenvalue weighted by atomic mass is 10.1. The third-order valence-corrected chi connectivity index (χ3v) is 4.61. The first-order valence-corrected chi connectivity index (χ1v) is 9.19. The van der Waals surface area contributed by atoms with Gasteiger partial charge in [0.05, 0.1) is 11.7 Å². The van der Waals surface area contributed by atoms with E-state index in [9.17, 15) is 0 Å². The second-order valence-corrected chi connectivity index (χ2v) is 6.52. The molecule has 4 aromatic rings. The van der Waals surface area contributed by atoms with Gasteiger partial charge in [-0.2, -0.15) is 5.26 Å². The Balaban J connectivity index is 1.58. The first kappa shape index (κ1) is 19.0. The minimum atomic E-state index is 0.330. The number of benzene rings is 1. The number of hydrogen-bond donors (Lipinski definition) is 3. The molecule has 9 nitrogen and oxygen atoms in total. The number of anilines is 4. The van der Waals surface area contributed by atoms with Gasteiger partial charge in [0, 0.05) is 37.1 Å². The van der Waals surface area contributed by atoms with Crippen LogP contribution in [-0.4, -0.2) is 27.0 Å². The van der Waals surface area contributed by atoms with Gasteiger partial charge in [-0.15, -0.1) is 0 Å². The topological polar surface area (TPSA) is 129 Å². The maximum atomic E-state index is 9.08. The van der Waals surface area contributed by atoms with Gasteiger partial charge in [-0.1, -0.05) is 12.1 Å². The maximum absolute atomic E-state index is 9.08. The van der Waals surface area contributed by atoms with Crippen molar-refractivity contribution in [2.75, 3.05) is 22.7 Å². The largest absolute Gasteiger partial charge is 0.363 e. The molecule has 0 atom stereocenters. The Labute approximate surface area is 173 Å². The number of nitrogens with two attached hydrogens (primary N) is 1. The van der Waals surface area contributed by atoms with Crippen LogP contribution in [0.25, 0.3) is 10.9 Å². The van der Waals surface area contributed by atoms with Gasteiger partial charge in [-0.25, -0.2) is 20.8 Å². The Kier molecular flexibility index (Phi) is 5.32. The minimum Gasteiger partial charge on any atom is -0.363 e. The number of hydrazine groups is 1. The fraction of sp³-hybridized carbons (Fsp3) is 0.0952. The van der Waals surface area contributed by atoms with Crippen molar-refractivity contribution >= 4 is 34.0 Å². The molecule has 0 saturated carbocycles. The number of pyridine rings is 2. The fourth-order valence-electron chi connectivity index (χ4n) is 3.01. The van der Waals surface area contributed by atoms with Crippen LogP contribution < -0.4 is 21.5 Å². The Morgan fingerprint density at radius 3 is 2.80 bits per heavy atom. The van der Waals surface area contributed by atoms with Gasteiger partial charge >= 0.3 is 0 Å². The molecule has 0 saturated heterocycles. The molecule has 0 aliphatic carbocycles. The van der Waals surface area contributed by atoms with Crippen LogP contribution in [0.4, 0.5) is 23.1 Å². The number of nitriles is 1. The number of nitrogens with one attached hydrogen (secondary N) is 2. The molecule has 4 rings (SSSR count). The summed E-state index contributed by atoms with van der Waals surface area (Å²) in [5.41, 5.74) is 5.70. The van der Waals surface area contributed by atoms with E-state index in [2.05, 4.69) is 36.7 Å². The molecule has 1 aromatic carbocycles. The molecule has 4 N–H and O–H groups in total. The minimum absolute atomic E-state index is 0.330. The highest BCUT2D eigenvalue weighted by Gasteiger charge is 2.12. The normalized spacial score (nSPS) is 10.4. The summed E-state index contributed by atoms with van der Waals surface area (Å²) in [7, 11) is 1.84. The molecule has 0 fully saturated rings. The Bertz CT molecular complexity index is 1230. The average molecular weight is 397 g/mol. The van der Waals surface area contributed by atoms with Crippen LogP contribution in [0, 0.1) is 11.3 Å². The van der Waals surface area contributed by atoms with Gasteiger partial charge in [0.1, 0.15) is 11.8 Å². The Morgan fingerprint density at radius 2 is 1.97 bits per heavy atom. The fourth-order valence-corrected chi connectivity index (χ4v) is 3.01. The monoisotopic (exact) mass is 397 g/mol. The highest BCUT2D eigenvalue weighted by Crippen LogP contribution is 2.25. The first-order valence-electron chi connectivity index (χ1n) is 9.19. The number of fused-ring (bicyclic) bond motifs is 1. The van der Waals surface area contributed by atoms with E-state index >= 15 is 0 Å². The molecule has 0 aliphatic rings. The van der Waals surface area contributed by atoms with E-state index in [1.165, 1.54) is 0 Å². The van der Waals surface area contributed by atoms with Gasteiger partial charge < -0.3 is 15.6 Å². The maximum Gasteiger partial charge on any atom is 0.183 e. The van der Waals surface area contributed by atoms with E-state index < -0.39 is 0 Å². The molecule has 0 unspecified atom stereocenters. The molecule has 3 heterocycles. The van der Waals surface area contributed by atoms with Crippen LogP contribution in [0.5, 0.6) is 0 Å². The van der Waals surface area contributed by atoms with Crippen molar-refractivity contribution in [2.24, 2.45) is 5.84 Å². The zero-order valence-corrected chi connectivity index (χ0v) is 16.2. The Hall–Kier alpha value is -4.29. The second kappa shape index (κ2) is 8.38. The summed E-state index contributed by atoms with van der Waals surface area (Å²) in [6.45, 7) is 0.537. The van der Waals surface area contributed by atoms with Crippen molar-refractivity contribution in [1.29, 1.82) is 5.26 Å². The lowest BCUT2D eigenvalue weighted by Crippen LogP contribution is -2.17. The van der Waals surface area contributed by atoms with Crippen LogP contribution in [0.2, 0.25) is 0 Å². The van der Waals surface area contributed by atoms with E-state index in [-0.39, 0.29) is 0 Å². The van der Waals surface area contributed by atoms with Crippen LogP contribution >= 0.6 is 0 Å². The summed E-state index contributed by atoms with van der Waals surface area (Å²) in [6, 6.07) is 15.5. The van der Waals surface area contributed by atoms with Crippen LogP contribution in [0.15, 0.2) is 61.1 Å². The zero-order valence-electron chi connectivity index (χ0n) is 16.2. The van der Waals surface area contributed by atoms with Crippen molar-refractivity contribution in [1.82, 2.24) is 19.9 Å². The Morgan fingerprint density at radius 1 is 1.07 bits per heavy atom. The lowest BCUT2D eigenvalue weighted by Gasteiger charge is -2.20. The summed E-state index contributed by atoms with van der Waals surface area (Å²) in [4.78, 5) is 19.2. The molecule has 3 aromatic heterocycles. The number of hydrogen-bond acceptors (Lipinski definition) is 9. The summed E-state index contributed by atoms with van der Waals surface area (Å²) in [5.74, 6) is 7.15. The molecule has 0 amide bonds. The van der Waals surface area contributed by atoms with Crippen molar-refractivity contribution in [3.8, 4) is 6.07 Å². The molecular weight excluding hydrogens is 378 g/mol. The van der Waals surface area contributed by atoms with Gasteiger partial charge in [0.2, 0.25) is 0 Å². The first-order chi connectivity index (χ1) is 14.7. The lowest BCUT2D eigenvalue weighted by molar-refractivity contribution is 1.04. The predicted molar refractivity (Wildman–Crippen MR) is 116 cm³/mol. The van der Waals surface area contributed by atoms with E-state index in [1.54, 1.807) is 30.7 Å². The number of nitrogens with zero attached hydrogens (tertiary/aromatic N) is 6. The second-order valence-electron chi connectivity index (χ2n) is 6.52.